The van der Waals surface area contributed by atoms with Gasteiger partial charge in [0.1, 0.15) is 0 Å². The van der Waals surface area contributed by atoms with E-state index in [-0.39, 0.29) is 11.7 Å². The smallest absolute Gasteiger partial charge is 0.331 e. The Morgan fingerprint density at radius 1 is 1.67 bits per heavy atom. The summed E-state index contributed by atoms with van der Waals surface area (Å²) in [6.07, 6.45) is 1.06. The summed E-state index contributed by atoms with van der Waals surface area (Å²) in [6, 6.07) is 0. The normalized spacial score (nSPS) is 12.8. The third-order valence-electron chi connectivity index (χ3n) is 1.08. The molecule has 0 amide bonds. The van der Waals surface area contributed by atoms with E-state index in [0.717, 1.165) is 12.3 Å². The van der Waals surface area contributed by atoms with Crippen LogP contribution in [-0.4, -0.2) is 28.8 Å². The monoisotopic (exact) mass is 192 g/mol. The molecule has 0 aliphatic heterocycles. The summed E-state index contributed by atoms with van der Waals surface area (Å²) in [5.41, 5.74) is 0. The van der Waals surface area contributed by atoms with Crippen LogP contribution in [0.2, 0.25) is 0 Å². The molecule has 0 heterocycles. The molecule has 0 aromatic carbocycles. The Morgan fingerprint density at radius 3 is 2.67 bits per heavy atom. The zero-order chi connectivity index (χ0) is 9.56. The standard InChI is InChI=1S/C7H9ClO4/c1-5(6(9)4-8)12-3-2-7(10)11/h2-3,5H,4H2,1H3,(H,10,11). The molecular weight excluding hydrogens is 184 g/mol. The fourth-order valence-corrected chi connectivity index (χ4v) is 0.617. The van der Waals surface area contributed by atoms with Gasteiger partial charge in [0.2, 0.25) is 0 Å². The highest BCUT2D eigenvalue weighted by atomic mass is 35.5. The fourth-order valence-electron chi connectivity index (χ4n) is 0.400. The SMILES string of the molecule is CC(OC=CC(=O)O)C(=O)CCl. The van der Waals surface area contributed by atoms with Crippen molar-refractivity contribution >= 4 is 23.4 Å². The van der Waals surface area contributed by atoms with Crippen molar-refractivity contribution in [2.24, 2.45) is 0 Å². The average molecular weight is 193 g/mol. The lowest BCUT2D eigenvalue weighted by molar-refractivity contribution is -0.132. The largest absolute Gasteiger partial charge is 0.490 e. The van der Waals surface area contributed by atoms with E-state index < -0.39 is 12.1 Å². The Bertz CT molecular complexity index is 200. The molecule has 5 heteroatoms. The highest BCUT2D eigenvalue weighted by Gasteiger charge is 2.10. The highest BCUT2D eigenvalue weighted by Crippen LogP contribution is 1.95. The van der Waals surface area contributed by atoms with E-state index in [4.69, 9.17) is 21.4 Å². The maximum atomic E-state index is 10.7. The molecule has 68 valence electrons. The number of aliphatic carboxylic acids is 1. The minimum atomic E-state index is -1.12. The number of ether oxygens (including phenoxy) is 1. The Kier molecular flexibility index (Phi) is 5.12. The Labute approximate surface area is 74.8 Å². The summed E-state index contributed by atoms with van der Waals surface area (Å²) >= 11 is 5.22. The molecule has 12 heavy (non-hydrogen) atoms. The van der Waals surface area contributed by atoms with Crippen LogP contribution in [0, 0.1) is 0 Å². The summed E-state index contributed by atoms with van der Waals surface area (Å²) in [6.45, 7) is 1.50. The number of ketones is 1. The first-order valence-corrected chi connectivity index (χ1v) is 3.75. The quantitative estimate of drug-likeness (QED) is 0.398. The summed E-state index contributed by atoms with van der Waals surface area (Å²) in [5.74, 6) is -1.55. The van der Waals surface area contributed by atoms with E-state index in [1.807, 2.05) is 0 Å². The van der Waals surface area contributed by atoms with E-state index in [2.05, 4.69) is 0 Å². The van der Waals surface area contributed by atoms with Crippen LogP contribution in [0.5, 0.6) is 0 Å². The summed E-state index contributed by atoms with van der Waals surface area (Å²) in [4.78, 5) is 20.7. The van der Waals surface area contributed by atoms with Crippen LogP contribution in [-0.2, 0) is 14.3 Å². The fraction of sp³-hybridized carbons (Fsp3) is 0.429. The first-order chi connectivity index (χ1) is 5.57. The first kappa shape index (κ1) is 11.0. The predicted molar refractivity (Wildman–Crippen MR) is 43.0 cm³/mol. The number of alkyl halides is 1. The van der Waals surface area contributed by atoms with Crippen molar-refractivity contribution in [3.8, 4) is 0 Å². The second-order valence-corrected chi connectivity index (χ2v) is 2.29. The zero-order valence-corrected chi connectivity index (χ0v) is 7.25. The van der Waals surface area contributed by atoms with Crippen molar-refractivity contribution in [2.45, 2.75) is 13.0 Å². The maximum Gasteiger partial charge on any atom is 0.331 e. The molecule has 0 spiro atoms. The van der Waals surface area contributed by atoms with Crippen LogP contribution >= 0.6 is 11.6 Å². The third-order valence-corrected chi connectivity index (χ3v) is 1.34. The lowest BCUT2D eigenvalue weighted by atomic mass is 10.3. The van der Waals surface area contributed by atoms with Crippen LogP contribution in [0.15, 0.2) is 12.3 Å². The van der Waals surface area contributed by atoms with Crippen LogP contribution in [0.1, 0.15) is 6.92 Å². The number of halogens is 1. The number of hydrogen-bond acceptors (Lipinski definition) is 3. The molecule has 0 radical (unpaired) electrons. The van der Waals surface area contributed by atoms with Gasteiger partial charge in [-0.15, -0.1) is 11.6 Å². The summed E-state index contributed by atoms with van der Waals surface area (Å²) in [7, 11) is 0. The molecule has 0 aliphatic rings. The second kappa shape index (κ2) is 5.60. The van der Waals surface area contributed by atoms with Gasteiger partial charge in [0, 0.05) is 0 Å². The molecule has 0 rings (SSSR count). The number of carbonyl (C=O) groups is 2. The molecule has 0 aromatic rings. The predicted octanol–water partition coefficient (Wildman–Crippen LogP) is 0.798. The molecule has 0 saturated carbocycles. The van der Waals surface area contributed by atoms with Crippen molar-refractivity contribution < 1.29 is 19.4 Å². The summed E-state index contributed by atoms with van der Waals surface area (Å²) < 4.78 is 4.71. The van der Waals surface area contributed by atoms with Gasteiger partial charge in [-0.25, -0.2) is 4.79 Å². The Balaban J connectivity index is 3.78. The van der Waals surface area contributed by atoms with Crippen LogP contribution in [0.4, 0.5) is 0 Å². The highest BCUT2D eigenvalue weighted by molar-refractivity contribution is 6.28. The van der Waals surface area contributed by atoms with Crippen LogP contribution in [0.25, 0.3) is 0 Å². The Hall–Kier alpha value is -1.03. The third kappa shape index (κ3) is 4.73. The van der Waals surface area contributed by atoms with Crippen molar-refractivity contribution in [1.29, 1.82) is 0 Å². The molecule has 0 fully saturated rings. The lowest BCUT2D eigenvalue weighted by Gasteiger charge is -2.06. The molecule has 0 saturated heterocycles. The minimum absolute atomic E-state index is 0.137. The number of rotatable bonds is 5. The van der Waals surface area contributed by atoms with E-state index in [0.29, 0.717) is 0 Å². The van der Waals surface area contributed by atoms with Gasteiger partial charge in [0.05, 0.1) is 18.2 Å². The molecule has 1 atom stereocenters. The van der Waals surface area contributed by atoms with Gasteiger partial charge in [-0.3, -0.25) is 4.79 Å². The van der Waals surface area contributed by atoms with E-state index in [1.54, 1.807) is 0 Å². The zero-order valence-electron chi connectivity index (χ0n) is 6.49. The van der Waals surface area contributed by atoms with Crippen molar-refractivity contribution in [3.63, 3.8) is 0 Å². The van der Waals surface area contributed by atoms with Crippen molar-refractivity contribution in [1.82, 2.24) is 0 Å². The topological polar surface area (TPSA) is 63.6 Å². The molecule has 0 aromatic heterocycles. The van der Waals surface area contributed by atoms with Crippen molar-refractivity contribution in [3.05, 3.63) is 12.3 Å². The maximum absolute atomic E-state index is 10.7. The van der Waals surface area contributed by atoms with Gasteiger partial charge in [0.25, 0.3) is 0 Å². The van der Waals surface area contributed by atoms with Gasteiger partial charge >= 0.3 is 5.97 Å². The number of hydrogen-bond donors (Lipinski definition) is 1. The Morgan fingerprint density at radius 2 is 2.25 bits per heavy atom. The number of Topliss-reactive ketones (excluding diaryl/α,β-unsaturated/α-hetero) is 1. The van der Waals surface area contributed by atoms with Gasteiger partial charge in [-0.05, 0) is 6.92 Å². The first-order valence-electron chi connectivity index (χ1n) is 3.21. The lowest BCUT2D eigenvalue weighted by Crippen LogP contribution is -2.19. The molecule has 1 unspecified atom stereocenters. The van der Waals surface area contributed by atoms with E-state index >= 15 is 0 Å². The van der Waals surface area contributed by atoms with Gasteiger partial charge in [0.15, 0.2) is 11.9 Å². The number of carboxylic acids is 1. The number of carbonyl (C=O) groups excluding carboxylic acids is 1. The average Bonchev–Trinajstić information content (AvgIpc) is 2.02. The van der Waals surface area contributed by atoms with Crippen LogP contribution in [0.3, 0.4) is 0 Å². The molecule has 1 N–H and O–H groups in total. The van der Waals surface area contributed by atoms with Crippen molar-refractivity contribution in [2.75, 3.05) is 5.88 Å². The van der Waals surface area contributed by atoms with E-state index in [1.165, 1.54) is 6.92 Å². The van der Waals surface area contributed by atoms with Crippen LogP contribution < -0.4 is 0 Å². The molecule has 0 aliphatic carbocycles. The second-order valence-electron chi connectivity index (χ2n) is 2.02. The molecular formula is C7H9ClO4. The van der Waals surface area contributed by atoms with E-state index in [9.17, 15) is 9.59 Å². The summed E-state index contributed by atoms with van der Waals surface area (Å²) in [5, 5.41) is 8.14. The van der Waals surface area contributed by atoms with Gasteiger partial charge in [-0.2, -0.15) is 0 Å². The molecule has 0 bridgehead atoms. The number of carboxylic acid groups (broad SMARTS) is 1. The van der Waals surface area contributed by atoms with Gasteiger partial charge in [-0.1, -0.05) is 0 Å². The molecule has 4 nitrogen and oxygen atoms in total. The van der Waals surface area contributed by atoms with Gasteiger partial charge < -0.3 is 9.84 Å². The minimum Gasteiger partial charge on any atom is -0.490 e.